The first-order chi connectivity index (χ1) is 12.5. The minimum Gasteiger partial charge on any atom is -0.309 e. The van der Waals surface area contributed by atoms with Crippen molar-refractivity contribution in [2.45, 2.75) is 24.7 Å². The Morgan fingerprint density at radius 2 is 0.962 bits per heavy atom. The van der Waals surface area contributed by atoms with E-state index in [1.165, 1.54) is 37.1 Å². The molecule has 4 atom stereocenters. The molecule has 2 aromatic carbocycles. The molecule has 2 saturated carbocycles. The van der Waals surface area contributed by atoms with E-state index in [4.69, 9.17) is 0 Å². The van der Waals surface area contributed by atoms with E-state index in [1.807, 2.05) is 0 Å². The standard InChI is InChI=1S/2C12H17N/c2*1-13(2)9-11-8-12(11)10-6-4-3-5-7-10/h2*3-7,11-12H,8-9H2,1-2H3/t2*11-,12-/m10/s1. The van der Waals surface area contributed by atoms with Crippen LogP contribution in [0.2, 0.25) is 0 Å². The lowest BCUT2D eigenvalue weighted by molar-refractivity contribution is 0.385. The molecule has 4 rings (SSSR count). The lowest BCUT2D eigenvalue weighted by atomic mass is 10.1. The number of nitrogens with zero attached hydrogens (tertiary/aromatic N) is 2. The average Bonchev–Trinajstić information content (AvgIpc) is 3.53. The normalized spacial score (nSPS) is 26.4. The molecule has 0 heterocycles. The third-order valence-electron chi connectivity index (χ3n) is 5.50. The van der Waals surface area contributed by atoms with Gasteiger partial charge in [0.05, 0.1) is 0 Å². The SMILES string of the molecule is CN(C)C[C@@H]1C[C@H]1c1ccccc1.CN(C)C[C@H]1C[C@@H]1c1ccccc1. The Morgan fingerprint density at radius 3 is 1.27 bits per heavy atom. The van der Waals surface area contributed by atoms with Crippen molar-refractivity contribution in [3.63, 3.8) is 0 Å². The van der Waals surface area contributed by atoms with Crippen molar-refractivity contribution in [3.05, 3.63) is 71.8 Å². The molecule has 0 bridgehead atoms. The molecule has 0 amide bonds. The summed E-state index contributed by atoms with van der Waals surface area (Å²) >= 11 is 0. The molecule has 0 radical (unpaired) electrons. The first-order valence-corrected chi connectivity index (χ1v) is 9.94. The van der Waals surface area contributed by atoms with Crippen LogP contribution in [0.15, 0.2) is 60.7 Å². The van der Waals surface area contributed by atoms with Crippen LogP contribution in [-0.2, 0) is 0 Å². The van der Waals surface area contributed by atoms with Gasteiger partial charge in [-0.15, -0.1) is 0 Å². The number of hydrogen-bond donors (Lipinski definition) is 0. The lowest BCUT2D eigenvalue weighted by Crippen LogP contribution is -2.15. The lowest BCUT2D eigenvalue weighted by Gasteiger charge is -2.08. The predicted molar refractivity (Wildman–Crippen MR) is 112 cm³/mol. The fourth-order valence-corrected chi connectivity index (χ4v) is 4.05. The van der Waals surface area contributed by atoms with E-state index in [0.717, 1.165) is 23.7 Å². The molecule has 0 saturated heterocycles. The van der Waals surface area contributed by atoms with E-state index < -0.39 is 0 Å². The van der Waals surface area contributed by atoms with Gasteiger partial charge in [-0.1, -0.05) is 60.7 Å². The van der Waals surface area contributed by atoms with Gasteiger partial charge < -0.3 is 9.80 Å². The Balaban J connectivity index is 0.000000151. The molecule has 26 heavy (non-hydrogen) atoms. The van der Waals surface area contributed by atoms with Crippen LogP contribution in [0.1, 0.15) is 35.8 Å². The van der Waals surface area contributed by atoms with Gasteiger partial charge in [0, 0.05) is 13.1 Å². The van der Waals surface area contributed by atoms with E-state index >= 15 is 0 Å². The highest BCUT2D eigenvalue weighted by molar-refractivity contribution is 5.26. The zero-order chi connectivity index (χ0) is 18.5. The zero-order valence-electron chi connectivity index (χ0n) is 16.8. The number of benzene rings is 2. The Morgan fingerprint density at radius 1 is 0.615 bits per heavy atom. The summed E-state index contributed by atoms with van der Waals surface area (Å²) < 4.78 is 0. The molecule has 0 N–H and O–H groups in total. The highest BCUT2D eigenvalue weighted by atomic mass is 15.1. The van der Waals surface area contributed by atoms with Crippen LogP contribution >= 0.6 is 0 Å². The molecule has 0 aromatic heterocycles. The smallest absolute Gasteiger partial charge is 0.000963 e. The summed E-state index contributed by atoms with van der Waals surface area (Å²) in [6.07, 6.45) is 2.75. The fourth-order valence-electron chi connectivity index (χ4n) is 4.05. The van der Waals surface area contributed by atoms with E-state index in [-0.39, 0.29) is 0 Å². The Hall–Kier alpha value is -1.64. The summed E-state index contributed by atoms with van der Waals surface area (Å²) in [4.78, 5) is 4.57. The van der Waals surface area contributed by atoms with Crippen LogP contribution < -0.4 is 0 Å². The van der Waals surface area contributed by atoms with Crippen molar-refractivity contribution in [1.29, 1.82) is 0 Å². The molecular formula is C24H34N2. The second-order valence-corrected chi connectivity index (χ2v) is 8.55. The molecule has 2 aromatic rings. The van der Waals surface area contributed by atoms with Gasteiger partial charge in [-0.2, -0.15) is 0 Å². The summed E-state index contributed by atoms with van der Waals surface area (Å²) in [5.74, 6) is 3.47. The molecule has 140 valence electrons. The van der Waals surface area contributed by atoms with Crippen molar-refractivity contribution in [2.24, 2.45) is 11.8 Å². The first kappa shape index (κ1) is 19.1. The van der Waals surface area contributed by atoms with Crippen LogP contribution in [0.5, 0.6) is 0 Å². The first-order valence-electron chi connectivity index (χ1n) is 9.94. The van der Waals surface area contributed by atoms with Crippen LogP contribution in [0, 0.1) is 11.8 Å². The molecule has 2 aliphatic carbocycles. The maximum absolute atomic E-state index is 2.29. The van der Waals surface area contributed by atoms with Gasteiger partial charge in [0.25, 0.3) is 0 Å². The molecule has 2 aliphatic rings. The molecule has 2 fully saturated rings. The predicted octanol–water partition coefficient (Wildman–Crippen LogP) is 4.70. The minimum absolute atomic E-state index is 0.837. The van der Waals surface area contributed by atoms with E-state index in [1.54, 1.807) is 0 Å². The number of hydrogen-bond acceptors (Lipinski definition) is 2. The van der Waals surface area contributed by atoms with Gasteiger partial charge in [-0.05, 0) is 75.8 Å². The van der Waals surface area contributed by atoms with Crippen LogP contribution in [0.3, 0.4) is 0 Å². The van der Waals surface area contributed by atoms with Crippen LogP contribution in [-0.4, -0.2) is 51.1 Å². The largest absolute Gasteiger partial charge is 0.309 e. The van der Waals surface area contributed by atoms with Gasteiger partial charge in [0.15, 0.2) is 0 Å². The Bertz CT molecular complexity index is 591. The molecule has 0 aliphatic heterocycles. The van der Waals surface area contributed by atoms with Crippen LogP contribution in [0.4, 0.5) is 0 Å². The average molecular weight is 351 g/mol. The summed E-state index contributed by atoms with van der Waals surface area (Å²) in [5, 5.41) is 0. The third kappa shape index (κ3) is 5.69. The summed E-state index contributed by atoms with van der Waals surface area (Å²) in [6, 6.07) is 21.7. The highest BCUT2D eigenvalue weighted by Crippen LogP contribution is 2.48. The van der Waals surface area contributed by atoms with Crippen molar-refractivity contribution in [1.82, 2.24) is 9.80 Å². The summed E-state index contributed by atoms with van der Waals surface area (Å²) in [7, 11) is 8.61. The molecule has 2 heteroatoms. The number of rotatable bonds is 6. The van der Waals surface area contributed by atoms with E-state index in [2.05, 4.69) is 98.7 Å². The quantitative estimate of drug-likeness (QED) is 0.745. The van der Waals surface area contributed by atoms with Gasteiger partial charge in [-0.25, -0.2) is 0 Å². The second-order valence-electron chi connectivity index (χ2n) is 8.55. The topological polar surface area (TPSA) is 6.48 Å². The molecular weight excluding hydrogens is 316 g/mol. The van der Waals surface area contributed by atoms with Crippen molar-refractivity contribution in [2.75, 3.05) is 41.3 Å². The highest BCUT2D eigenvalue weighted by Gasteiger charge is 2.38. The Kier molecular flexibility index (Phi) is 6.50. The fraction of sp³-hybridized carbons (Fsp3) is 0.500. The van der Waals surface area contributed by atoms with Crippen molar-refractivity contribution < 1.29 is 0 Å². The zero-order valence-corrected chi connectivity index (χ0v) is 16.8. The van der Waals surface area contributed by atoms with E-state index in [9.17, 15) is 0 Å². The van der Waals surface area contributed by atoms with Gasteiger partial charge in [-0.3, -0.25) is 0 Å². The summed E-state index contributed by atoms with van der Waals surface area (Å²) in [6.45, 7) is 2.47. The molecule has 0 unspecified atom stereocenters. The maximum Gasteiger partial charge on any atom is 0.000963 e. The summed E-state index contributed by atoms with van der Waals surface area (Å²) in [5.41, 5.74) is 3.05. The van der Waals surface area contributed by atoms with E-state index in [0.29, 0.717) is 0 Å². The third-order valence-corrected chi connectivity index (χ3v) is 5.50. The van der Waals surface area contributed by atoms with Gasteiger partial charge in [0.1, 0.15) is 0 Å². The van der Waals surface area contributed by atoms with Gasteiger partial charge in [0.2, 0.25) is 0 Å². The minimum atomic E-state index is 0.837. The van der Waals surface area contributed by atoms with Crippen molar-refractivity contribution in [3.8, 4) is 0 Å². The second kappa shape index (κ2) is 8.83. The van der Waals surface area contributed by atoms with Crippen LogP contribution in [0.25, 0.3) is 0 Å². The van der Waals surface area contributed by atoms with Crippen molar-refractivity contribution >= 4 is 0 Å². The molecule has 0 spiro atoms. The maximum atomic E-state index is 2.29. The monoisotopic (exact) mass is 350 g/mol. The Labute approximate surface area is 159 Å². The molecule has 2 nitrogen and oxygen atoms in total. The van der Waals surface area contributed by atoms with Gasteiger partial charge >= 0.3 is 0 Å².